The molecule has 116 valence electrons. The van der Waals surface area contributed by atoms with E-state index in [4.69, 9.17) is 4.74 Å². The van der Waals surface area contributed by atoms with Crippen LogP contribution in [-0.4, -0.2) is 19.7 Å². The molecule has 0 aromatic heterocycles. The van der Waals surface area contributed by atoms with E-state index in [0.717, 1.165) is 24.3 Å². The van der Waals surface area contributed by atoms with Crippen molar-refractivity contribution in [3.05, 3.63) is 29.8 Å². The van der Waals surface area contributed by atoms with Gasteiger partial charge in [-0.25, -0.2) is 0 Å². The van der Waals surface area contributed by atoms with Crippen molar-refractivity contribution in [3.8, 4) is 5.75 Å². The fraction of sp³-hybridized carbons (Fsp3) is 0.684. The highest BCUT2D eigenvalue weighted by molar-refractivity contribution is 5.42. The lowest BCUT2D eigenvalue weighted by Gasteiger charge is -2.53. The fourth-order valence-corrected chi connectivity index (χ4v) is 3.67. The molecule has 2 nitrogen and oxygen atoms in total. The van der Waals surface area contributed by atoms with Crippen LogP contribution < -0.4 is 10.1 Å². The van der Waals surface area contributed by atoms with Crippen molar-refractivity contribution >= 4 is 0 Å². The molecular weight excluding hydrogens is 258 g/mol. The maximum absolute atomic E-state index is 5.64. The van der Waals surface area contributed by atoms with Crippen LogP contribution in [0.3, 0.4) is 0 Å². The molecule has 2 heteroatoms. The summed E-state index contributed by atoms with van der Waals surface area (Å²) >= 11 is 0. The summed E-state index contributed by atoms with van der Waals surface area (Å²) in [5.74, 6) is 1.87. The molecule has 0 aliphatic heterocycles. The molecule has 0 saturated heterocycles. The molecule has 1 N–H and O–H groups in total. The van der Waals surface area contributed by atoms with Crippen molar-refractivity contribution in [1.82, 2.24) is 5.32 Å². The molecule has 2 saturated carbocycles. The Morgan fingerprint density at radius 3 is 2.43 bits per heavy atom. The van der Waals surface area contributed by atoms with Gasteiger partial charge in [-0.05, 0) is 43.1 Å². The van der Waals surface area contributed by atoms with Crippen molar-refractivity contribution < 1.29 is 4.74 Å². The van der Waals surface area contributed by atoms with Gasteiger partial charge in [0, 0.05) is 23.6 Å². The van der Waals surface area contributed by atoms with E-state index in [-0.39, 0.29) is 5.41 Å². The van der Waals surface area contributed by atoms with E-state index in [2.05, 4.69) is 50.4 Å². The highest BCUT2D eigenvalue weighted by Gasteiger charge is 2.50. The van der Waals surface area contributed by atoms with Crippen LogP contribution in [-0.2, 0) is 5.41 Å². The largest absolute Gasteiger partial charge is 0.496 e. The highest BCUT2D eigenvalue weighted by atomic mass is 16.5. The zero-order chi connectivity index (χ0) is 15.1. The first-order chi connectivity index (χ1) is 9.94. The number of ether oxygens (including phenoxy) is 1. The minimum absolute atomic E-state index is 0.271. The summed E-state index contributed by atoms with van der Waals surface area (Å²) in [6.07, 6.45) is 5.25. The summed E-state index contributed by atoms with van der Waals surface area (Å²) in [4.78, 5) is 0. The standard InChI is InChI=1S/C19H29NO/c1-18(2,3)14-11-19(12-14,13-20-15-9-10-15)16-7-5-6-8-17(16)21-4/h5-8,14-15,20H,9-13H2,1-4H3. The Morgan fingerprint density at radius 1 is 1.19 bits per heavy atom. The van der Waals surface area contributed by atoms with Crippen molar-refractivity contribution in [2.24, 2.45) is 11.3 Å². The van der Waals surface area contributed by atoms with Crippen LogP contribution in [0.5, 0.6) is 5.75 Å². The Labute approximate surface area is 129 Å². The molecule has 0 heterocycles. The third-order valence-electron chi connectivity index (χ3n) is 5.48. The van der Waals surface area contributed by atoms with Crippen molar-refractivity contribution in [1.29, 1.82) is 0 Å². The highest BCUT2D eigenvalue weighted by Crippen LogP contribution is 2.55. The topological polar surface area (TPSA) is 21.3 Å². The predicted molar refractivity (Wildman–Crippen MR) is 87.9 cm³/mol. The quantitative estimate of drug-likeness (QED) is 0.878. The van der Waals surface area contributed by atoms with Crippen LogP contribution in [0.25, 0.3) is 0 Å². The number of nitrogens with one attached hydrogen (secondary N) is 1. The van der Waals surface area contributed by atoms with Crippen LogP contribution in [0.2, 0.25) is 0 Å². The monoisotopic (exact) mass is 287 g/mol. The molecule has 0 amide bonds. The predicted octanol–water partition coefficient (Wildman–Crippen LogP) is 4.14. The molecule has 2 aliphatic rings. The second-order valence-electron chi connectivity index (χ2n) is 8.11. The molecule has 2 fully saturated rings. The van der Waals surface area contributed by atoms with E-state index in [1.807, 2.05) is 0 Å². The van der Waals surface area contributed by atoms with Gasteiger partial charge in [0.15, 0.2) is 0 Å². The minimum atomic E-state index is 0.271. The Kier molecular flexibility index (Phi) is 3.77. The molecule has 1 aromatic rings. The van der Waals surface area contributed by atoms with Crippen molar-refractivity contribution in [3.63, 3.8) is 0 Å². The number of hydrogen-bond acceptors (Lipinski definition) is 2. The Hall–Kier alpha value is -1.02. The Morgan fingerprint density at radius 2 is 1.86 bits per heavy atom. The fourth-order valence-electron chi connectivity index (χ4n) is 3.67. The van der Waals surface area contributed by atoms with Gasteiger partial charge in [0.2, 0.25) is 0 Å². The zero-order valence-electron chi connectivity index (χ0n) is 13.9. The average Bonchev–Trinajstić information content (AvgIpc) is 3.20. The van der Waals surface area contributed by atoms with Gasteiger partial charge >= 0.3 is 0 Å². The van der Waals surface area contributed by atoms with Gasteiger partial charge in [0.25, 0.3) is 0 Å². The molecule has 0 bridgehead atoms. The number of rotatable bonds is 5. The SMILES string of the molecule is COc1ccccc1C1(CNC2CC2)CC(C(C)(C)C)C1. The molecule has 2 aliphatic carbocycles. The smallest absolute Gasteiger partial charge is 0.122 e. The number of benzene rings is 1. The van der Waals surface area contributed by atoms with E-state index in [1.165, 1.54) is 31.2 Å². The van der Waals surface area contributed by atoms with Crippen LogP contribution in [0.4, 0.5) is 0 Å². The second-order valence-corrected chi connectivity index (χ2v) is 8.11. The van der Waals surface area contributed by atoms with Crippen LogP contribution in [0, 0.1) is 11.3 Å². The van der Waals surface area contributed by atoms with Gasteiger partial charge in [0.1, 0.15) is 5.75 Å². The first-order valence-electron chi connectivity index (χ1n) is 8.31. The summed E-state index contributed by atoms with van der Waals surface area (Å²) in [5.41, 5.74) is 2.08. The summed E-state index contributed by atoms with van der Waals surface area (Å²) in [5, 5.41) is 3.77. The molecule has 3 rings (SSSR count). The van der Waals surface area contributed by atoms with Gasteiger partial charge in [-0.2, -0.15) is 0 Å². The lowest BCUT2D eigenvalue weighted by molar-refractivity contribution is 0.0431. The minimum Gasteiger partial charge on any atom is -0.496 e. The van der Waals surface area contributed by atoms with Gasteiger partial charge in [-0.3, -0.25) is 0 Å². The summed E-state index contributed by atoms with van der Waals surface area (Å²) in [7, 11) is 1.79. The maximum Gasteiger partial charge on any atom is 0.122 e. The summed E-state index contributed by atoms with van der Waals surface area (Å²) in [6.45, 7) is 8.22. The van der Waals surface area contributed by atoms with E-state index in [1.54, 1.807) is 7.11 Å². The molecule has 21 heavy (non-hydrogen) atoms. The lowest BCUT2D eigenvalue weighted by atomic mass is 9.52. The Balaban J connectivity index is 1.83. The van der Waals surface area contributed by atoms with Gasteiger partial charge in [0.05, 0.1) is 7.11 Å². The molecule has 0 spiro atoms. The third-order valence-corrected chi connectivity index (χ3v) is 5.48. The molecule has 1 aromatic carbocycles. The Bertz CT molecular complexity index is 493. The maximum atomic E-state index is 5.64. The molecule has 0 radical (unpaired) electrons. The van der Waals surface area contributed by atoms with Crippen molar-refractivity contribution in [2.45, 2.75) is 57.9 Å². The second kappa shape index (κ2) is 5.31. The molecule has 0 atom stereocenters. The van der Waals surface area contributed by atoms with Crippen LogP contribution in [0.1, 0.15) is 52.0 Å². The van der Waals surface area contributed by atoms with Crippen LogP contribution in [0.15, 0.2) is 24.3 Å². The number of hydrogen-bond donors (Lipinski definition) is 1. The first-order valence-corrected chi connectivity index (χ1v) is 8.31. The average molecular weight is 287 g/mol. The third kappa shape index (κ3) is 2.96. The van der Waals surface area contributed by atoms with Crippen LogP contribution >= 0.6 is 0 Å². The number of para-hydroxylation sites is 1. The van der Waals surface area contributed by atoms with Gasteiger partial charge < -0.3 is 10.1 Å². The van der Waals surface area contributed by atoms with Gasteiger partial charge in [-0.15, -0.1) is 0 Å². The normalized spacial score (nSPS) is 29.0. The van der Waals surface area contributed by atoms with E-state index >= 15 is 0 Å². The molecular formula is C19H29NO. The van der Waals surface area contributed by atoms with E-state index < -0.39 is 0 Å². The summed E-state index contributed by atoms with van der Waals surface area (Å²) < 4.78 is 5.64. The lowest BCUT2D eigenvalue weighted by Crippen LogP contribution is -2.52. The first kappa shape index (κ1) is 14.9. The van der Waals surface area contributed by atoms with Gasteiger partial charge in [-0.1, -0.05) is 39.0 Å². The molecule has 0 unspecified atom stereocenters. The summed E-state index contributed by atoms with van der Waals surface area (Å²) in [6, 6.07) is 9.38. The van der Waals surface area contributed by atoms with E-state index in [9.17, 15) is 0 Å². The number of methoxy groups -OCH3 is 1. The zero-order valence-corrected chi connectivity index (χ0v) is 13.9. The van der Waals surface area contributed by atoms with Crippen molar-refractivity contribution in [2.75, 3.05) is 13.7 Å². The van der Waals surface area contributed by atoms with E-state index in [0.29, 0.717) is 5.41 Å².